The maximum Gasteiger partial charge on any atom is 0.435 e. The number of nitrogens with one attached hydrogen (secondary N) is 1. The fourth-order valence-corrected chi connectivity index (χ4v) is 3.56. The second-order valence-corrected chi connectivity index (χ2v) is 8.95. The number of aromatic nitrogens is 3. The minimum Gasteiger partial charge on any atom is -0.365 e. The molecule has 0 bridgehead atoms. The van der Waals surface area contributed by atoms with Gasteiger partial charge >= 0.3 is 6.18 Å². The standard InChI is InChI=1S/C21H27F3N6O2/c1-20(2,3)26-17-7-6-13(11-25-17)18(31)30-9-8-14(12-30)28(4)19(32)15-10-16(21(22,23)24)27-29(15)5/h6-7,10-11,14H,8-9,12H2,1-5H3,(H,25,26). The lowest BCUT2D eigenvalue weighted by Crippen LogP contribution is -2.40. The van der Waals surface area contributed by atoms with E-state index < -0.39 is 17.8 Å². The first-order chi connectivity index (χ1) is 14.8. The number of hydrogen-bond donors (Lipinski definition) is 1. The Balaban J connectivity index is 1.65. The molecule has 1 atom stereocenters. The molecule has 0 saturated carbocycles. The summed E-state index contributed by atoms with van der Waals surface area (Å²) in [6.07, 6.45) is -2.60. The summed E-state index contributed by atoms with van der Waals surface area (Å²) in [6.45, 7) is 6.73. The molecular weight excluding hydrogens is 425 g/mol. The number of nitrogens with zero attached hydrogens (tertiary/aromatic N) is 5. The van der Waals surface area contributed by atoms with Gasteiger partial charge in [0.2, 0.25) is 0 Å². The first kappa shape index (κ1) is 23.6. The topological polar surface area (TPSA) is 83.4 Å². The smallest absolute Gasteiger partial charge is 0.365 e. The van der Waals surface area contributed by atoms with Gasteiger partial charge in [-0.1, -0.05) is 0 Å². The van der Waals surface area contributed by atoms with Crippen molar-refractivity contribution < 1.29 is 22.8 Å². The molecule has 1 aliphatic heterocycles. The Morgan fingerprint density at radius 2 is 1.91 bits per heavy atom. The number of pyridine rings is 1. The second-order valence-electron chi connectivity index (χ2n) is 8.95. The molecule has 1 fully saturated rings. The molecule has 2 aromatic heterocycles. The normalized spacial score (nSPS) is 16.9. The highest BCUT2D eigenvalue weighted by molar-refractivity contribution is 5.95. The predicted molar refractivity (Wildman–Crippen MR) is 112 cm³/mol. The van der Waals surface area contributed by atoms with Crippen molar-refractivity contribution in [2.75, 3.05) is 25.5 Å². The summed E-state index contributed by atoms with van der Waals surface area (Å²) in [5.41, 5.74) is -1.000. The molecule has 1 unspecified atom stereocenters. The van der Waals surface area contributed by atoms with Crippen LogP contribution < -0.4 is 5.32 Å². The highest BCUT2D eigenvalue weighted by Gasteiger charge is 2.37. The lowest BCUT2D eigenvalue weighted by atomic mass is 10.1. The van der Waals surface area contributed by atoms with Gasteiger partial charge in [0, 0.05) is 45.0 Å². The summed E-state index contributed by atoms with van der Waals surface area (Å²) < 4.78 is 39.6. The lowest BCUT2D eigenvalue weighted by molar-refractivity contribution is -0.141. The number of rotatable bonds is 4. The highest BCUT2D eigenvalue weighted by Crippen LogP contribution is 2.29. The molecular formula is C21H27F3N6O2. The van der Waals surface area contributed by atoms with Crippen molar-refractivity contribution in [3.63, 3.8) is 0 Å². The van der Waals surface area contributed by atoms with E-state index in [-0.39, 0.29) is 29.7 Å². The van der Waals surface area contributed by atoms with Crippen molar-refractivity contribution in [1.29, 1.82) is 0 Å². The van der Waals surface area contributed by atoms with Gasteiger partial charge in [0.1, 0.15) is 11.5 Å². The van der Waals surface area contributed by atoms with E-state index in [0.717, 1.165) is 10.7 Å². The molecule has 1 N–H and O–H groups in total. The fraction of sp³-hybridized carbons (Fsp3) is 0.524. The Labute approximate surface area is 184 Å². The van der Waals surface area contributed by atoms with E-state index in [4.69, 9.17) is 0 Å². The maximum atomic E-state index is 12.9. The van der Waals surface area contributed by atoms with Gasteiger partial charge in [-0.15, -0.1) is 0 Å². The van der Waals surface area contributed by atoms with Gasteiger partial charge in [0.15, 0.2) is 5.69 Å². The molecule has 0 aliphatic carbocycles. The zero-order valence-corrected chi connectivity index (χ0v) is 18.7. The van der Waals surface area contributed by atoms with Crippen molar-refractivity contribution in [1.82, 2.24) is 24.6 Å². The zero-order chi connectivity index (χ0) is 23.8. The van der Waals surface area contributed by atoms with Crippen molar-refractivity contribution in [3.8, 4) is 0 Å². The quantitative estimate of drug-likeness (QED) is 0.771. The van der Waals surface area contributed by atoms with Crippen LogP contribution in [0.2, 0.25) is 0 Å². The second kappa shape index (κ2) is 8.44. The van der Waals surface area contributed by atoms with Crippen molar-refractivity contribution in [2.24, 2.45) is 7.05 Å². The van der Waals surface area contributed by atoms with Crippen LogP contribution in [0.3, 0.4) is 0 Å². The number of aryl methyl sites for hydroxylation is 1. The van der Waals surface area contributed by atoms with Gasteiger partial charge in [0.05, 0.1) is 11.6 Å². The van der Waals surface area contributed by atoms with E-state index in [0.29, 0.717) is 24.3 Å². The Morgan fingerprint density at radius 3 is 2.44 bits per heavy atom. The third kappa shape index (κ3) is 5.20. The van der Waals surface area contributed by atoms with Gasteiger partial charge in [-0.3, -0.25) is 14.3 Å². The molecule has 0 radical (unpaired) electrons. The van der Waals surface area contributed by atoms with Crippen LogP contribution >= 0.6 is 0 Å². The Kier molecular flexibility index (Phi) is 6.21. The van der Waals surface area contributed by atoms with E-state index in [1.54, 1.807) is 17.0 Å². The summed E-state index contributed by atoms with van der Waals surface area (Å²) in [7, 11) is 2.82. The van der Waals surface area contributed by atoms with Gasteiger partial charge in [-0.2, -0.15) is 18.3 Å². The number of hydrogen-bond acceptors (Lipinski definition) is 5. The molecule has 2 amide bonds. The molecule has 8 nitrogen and oxygen atoms in total. The van der Waals surface area contributed by atoms with Gasteiger partial charge < -0.3 is 15.1 Å². The number of amides is 2. The fourth-order valence-electron chi connectivity index (χ4n) is 3.56. The first-order valence-corrected chi connectivity index (χ1v) is 10.2. The van der Waals surface area contributed by atoms with Crippen molar-refractivity contribution in [2.45, 2.75) is 44.9 Å². The number of carbonyl (C=O) groups is 2. The largest absolute Gasteiger partial charge is 0.435 e. The molecule has 3 heterocycles. The van der Waals surface area contributed by atoms with Crippen LogP contribution in [0.4, 0.5) is 19.0 Å². The SMILES string of the molecule is CN(C(=O)c1cc(C(F)(F)F)nn1C)C1CCN(C(=O)c2ccc(NC(C)(C)C)nc2)C1. The maximum absolute atomic E-state index is 12.9. The molecule has 1 aliphatic rings. The van der Waals surface area contributed by atoms with Crippen molar-refractivity contribution in [3.05, 3.63) is 41.3 Å². The van der Waals surface area contributed by atoms with E-state index >= 15 is 0 Å². The van der Waals surface area contributed by atoms with Crippen LogP contribution in [0.15, 0.2) is 24.4 Å². The Bertz CT molecular complexity index is 994. The number of alkyl halides is 3. The number of likely N-dealkylation sites (N-methyl/N-ethyl adjacent to an activating group) is 1. The van der Waals surface area contributed by atoms with Crippen molar-refractivity contribution >= 4 is 17.6 Å². The van der Waals surface area contributed by atoms with Crippen LogP contribution in [0.5, 0.6) is 0 Å². The van der Waals surface area contributed by atoms with Crippen LogP contribution in [0.1, 0.15) is 53.7 Å². The van der Waals surface area contributed by atoms with E-state index in [1.165, 1.54) is 25.2 Å². The summed E-state index contributed by atoms with van der Waals surface area (Å²) in [6, 6.07) is 3.86. The minimum absolute atomic E-state index is 0.157. The van der Waals surface area contributed by atoms with Crippen LogP contribution in [-0.2, 0) is 13.2 Å². The van der Waals surface area contributed by atoms with Crippen LogP contribution in [-0.4, -0.2) is 68.1 Å². The molecule has 11 heteroatoms. The molecule has 2 aromatic rings. The highest BCUT2D eigenvalue weighted by atomic mass is 19.4. The number of halogens is 3. The van der Waals surface area contributed by atoms with Crippen LogP contribution in [0.25, 0.3) is 0 Å². The average molecular weight is 452 g/mol. The Morgan fingerprint density at radius 1 is 1.22 bits per heavy atom. The number of anilines is 1. The van der Waals surface area contributed by atoms with Gasteiger partial charge in [-0.05, 0) is 39.3 Å². The molecule has 32 heavy (non-hydrogen) atoms. The first-order valence-electron chi connectivity index (χ1n) is 10.2. The predicted octanol–water partition coefficient (Wildman–Crippen LogP) is 3.03. The summed E-state index contributed by atoms with van der Waals surface area (Å²) in [5, 5.41) is 6.62. The van der Waals surface area contributed by atoms with E-state index in [9.17, 15) is 22.8 Å². The number of carbonyl (C=O) groups excluding carboxylic acids is 2. The third-order valence-corrected chi connectivity index (χ3v) is 5.22. The summed E-state index contributed by atoms with van der Waals surface area (Å²) in [5.74, 6) is -0.120. The Hall–Kier alpha value is -3.11. The minimum atomic E-state index is -4.63. The molecule has 174 valence electrons. The summed E-state index contributed by atoms with van der Waals surface area (Å²) in [4.78, 5) is 32.9. The zero-order valence-electron chi connectivity index (χ0n) is 18.7. The van der Waals surface area contributed by atoms with E-state index in [2.05, 4.69) is 15.4 Å². The third-order valence-electron chi connectivity index (χ3n) is 5.22. The monoisotopic (exact) mass is 452 g/mol. The van der Waals surface area contributed by atoms with Crippen LogP contribution in [0, 0.1) is 0 Å². The summed E-state index contributed by atoms with van der Waals surface area (Å²) >= 11 is 0. The molecule has 0 spiro atoms. The molecule has 3 rings (SSSR count). The van der Waals surface area contributed by atoms with E-state index in [1.807, 2.05) is 20.8 Å². The van der Waals surface area contributed by atoms with Gasteiger partial charge in [0.25, 0.3) is 11.8 Å². The average Bonchev–Trinajstić information content (AvgIpc) is 3.32. The van der Waals surface area contributed by atoms with Gasteiger partial charge in [-0.25, -0.2) is 4.98 Å². The number of likely N-dealkylation sites (tertiary alicyclic amines) is 1. The molecule has 1 saturated heterocycles. The lowest BCUT2D eigenvalue weighted by Gasteiger charge is -2.25. The molecule has 0 aromatic carbocycles.